The van der Waals surface area contributed by atoms with Gasteiger partial charge in [0.05, 0.1) is 0 Å². The Kier molecular flexibility index (Phi) is 4.25. The summed E-state index contributed by atoms with van der Waals surface area (Å²) in [6.07, 6.45) is 1.08. The van der Waals surface area contributed by atoms with E-state index in [0.29, 0.717) is 0 Å². The molecule has 1 aromatic carbocycles. The lowest BCUT2D eigenvalue weighted by Crippen LogP contribution is -2.34. The average Bonchev–Trinajstić information content (AvgIpc) is 2.72. The SMILES string of the molecule is C=C(NC1NC(C)=C(CC)S1)c1cc(C)ccc1C. The Hall–Kier alpha value is -1.35. The first-order valence-corrected chi connectivity index (χ1v) is 7.55. The van der Waals surface area contributed by atoms with Crippen LogP contribution in [-0.4, -0.2) is 5.50 Å². The predicted octanol–water partition coefficient (Wildman–Crippen LogP) is 4.13. The highest BCUT2D eigenvalue weighted by molar-refractivity contribution is 8.03. The first-order chi connectivity index (χ1) is 9.01. The summed E-state index contributed by atoms with van der Waals surface area (Å²) in [6, 6.07) is 6.47. The monoisotopic (exact) mass is 274 g/mol. The first-order valence-electron chi connectivity index (χ1n) is 6.67. The zero-order valence-corrected chi connectivity index (χ0v) is 12.9. The highest BCUT2D eigenvalue weighted by Crippen LogP contribution is 2.32. The van der Waals surface area contributed by atoms with Crippen LogP contribution < -0.4 is 10.6 Å². The van der Waals surface area contributed by atoms with Gasteiger partial charge in [0.15, 0.2) is 0 Å². The average molecular weight is 274 g/mol. The van der Waals surface area contributed by atoms with Gasteiger partial charge in [0.1, 0.15) is 5.50 Å². The van der Waals surface area contributed by atoms with Gasteiger partial charge in [-0.3, -0.25) is 0 Å². The highest BCUT2D eigenvalue weighted by Gasteiger charge is 2.20. The van der Waals surface area contributed by atoms with E-state index in [1.54, 1.807) is 0 Å². The largest absolute Gasteiger partial charge is 0.360 e. The molecule has 19 heavy (non-hydrogen) atoms. The third-order valence-electron chi connectivity index (χ3n) is 3.37. The zero-order valence-electron chi connectivity index (χ0n) is 12.1. The smallest absolute Gasteiger partial charge is 0.149 e. The maximum absolute atomic E-state index is 4.18. The van der Waals surface area contributed by atoms with Crippen molar-refractivity contribution in [2.45, 2.75) is 39.6 Å². The van der Waals surface area contributed by atoms with Gasteiger partial charge in [0.25, 0.3) is 0 Å². The molecule has 2 nitrogen and oxygen atoms in total. The molecule has 0 bridgehead atoms. The standard InChI is InChI=1S/C16H22N2S/c1-6-15-13(5)18-16(19-15)17-12(4)14-9-10(2)7-8-11(14)3/h7-9,16-18H,4,6H2,1-3,5H3. The Morgan fingerprint density at radius 1 is 1.37 bits per heavy atom. The molecule has 0 aromatic heterocycles. The van der Waals surface area contributed by atoms with E-state index in [4.69, 9.17) is 0 Å². The molecular weight excluding hydrogens is 252 g/mol. The quantitative estimate of drug-likeness (QED) is 0.863. The number of thioether (sulfide) groups is 1. The van der Waals surface area contributed by atoms with Gasteiger partial charge in [-0.2, -0.15) is 0 Å². The number of nitrogens with one attached hydrogen (secondary N) is 2. The number of benzene rings is 1. The molecule has 1 aliphatic heterocycles. The Morgan fingerprint density at radius 3 is 2.74 bits per heavy atom. The second-order valence-electron chi connectivity index (χ2n) is 4.99. The molecule has 0 aliphatic carbocycles. The van der Waals surface area contributed by atoms with Crippen LogP contribution in [-0.2, 0) is 0 Å². The fraction of sp³-hybridized carbons (Fsp3) is 0.375. The number of hydrogen-bond donors (Lipinski definition) is 2. The van der Waals surface area contributed by atoms with Gasteiger partial charge in [0.2, 0.25) is 0 Å². The molecule has 0 saturated heterocycles. The minimum absolute atomic E-state index is 0.197. The van der Waals surface area contributed by atoms with E-state index in [1.807, 2.05) is 11.8 Å². The normalized spacial score (nSPS) is 18.4. The third kappa shape index (κ3) is 3.16. The molecule has 1 aromatic rings. The molecule has 102 valence electrons. The van der Waals surface area contributed by atoms with E-state index in [0.717, 1.165) is 12.1 Å². The van der Waals surface area contributed by atoms with E-state index in [2.05, 4.69) is 63.1 Å². The van der Waals surface area contributed by atoms with Crippen molar-refractivity contribution in [3.05, 3.63) is 52.1 Å². The summed E-state index contributed by atoms with van der Waals surface area (Å²) in [4.78, 5) is 1.42. The van der Waals surface area contributed by atoms with Gasteiger partial charge in [-0.1, -0.05) is 43.0 Å². The number of rotatable bonds is 4. The van der Waals surface area contributed by atoms with Crippen molar-refractivity contribution in [1.29, 1.82) is 0 Å². The second kappa shape index (κ2) is 5.74. The third-order valence-corrected chi connectivity index (χ3v) is 4.72. The minimum atomic E-state index is 0.197. The van der Waals surface area contributed by atoms with Crippen molar-refractivity contribution in [3.8, 4) is 0 Å². The van der Waals surface area contributed by atoms with Crippen LogP contribution in [0.25, 0.3) is 5.70 Å². The van der Waals surface area contributed by atoms with Crippen LogP contribution in [0, 0.1) is 13.8 Å². The van der Waals surface area contributed by atoms with Gasteiger partial charge in [0, 0.05) is 21.9 Å². The van der Waals surface area contributed by atoms with Crippen molar-refractivity contribution in [2.24, 2.45) is 0 Å². The molecule has 1 atom stereocenters. The van der Waals surface area contributed by atoms with Crippen molar-refractivity contribution in [3.63, 3.8) is 0 Å². The molecule has 0 saturated carbocycles. The lowest BCUT2D eigenvalue weighted by molar-refractivity contribution is 0.707. The maximum Gasteiger partial charge on any atom is 0.149 e. The molecule has 2 N–H and O–H groups in total. The maximum atomic E-state index is 4.18. The summed E-state index contributed by atoms with van der Waals surface area (Å²) < 4.78 is 0. The summed E-state index contributed by atoms with van der Waals surface area (Å²) in [6.45, 7) is 12.7. The summed E-state index contributed by atoms with van der Waals surface area (Å²) in [5, 5.41) is 6.93. The summed E-state index contributed by atoms with van der Waals surface area (Å²) in [5.41, 5.74) is 6.17. The molecule has 1 aliphatic rings. The minimum Gasteiger partial charge on any atom is -0.360 e. The van der Waals surface area contributed by atoms with Crippen LogP contribution in [0.4, 0.5) is 0 Å². The van der Waals surface area contributed by atoms with Crippen molar-refractivity contribution >= 4 is 17.5 Å². The van der Waals surface area contributed by atoms with E-state index in [1.165, 1.54) is 27.3 Å². The molecule has 3 heteroatoms. The molecule has 0 radical (unpaired) electrons. The van der Waals surface area contributed by atoms with Crippen LogP contribution >= 0.6 is 11.8 Å². The van der Waals surface area contributed by atoms with Gasteiger partial charge in [-0.05, 0) is 38.8 Å². The molecule has 0 spiro atoms. The Morgan fingerprint density at radius 2 is 2.11 bits per heavy atom. The number of allylic oxidation sites excluding steroid dienone is 2. The van der Waals surface area contributed by atoms with Crippen LogP contribution in [0.5, 0.6) is 0 Å². The van der Waals surface area contributed by atoms with E-state index >= 15 is 0 Å². The summed E-state index contributed by atoms with van der Waals surface area (Å²) >= 11 is 1.85. The lowest BCUT2D eigenvalue weighted by atomic mass is 10.0. The zero-order chi connectivity index (χ0) is 14.0. The van der Waals surface area contributed by atoms with Gasteiger partial charge < -0.3 is 10.6 Å². The highest BCUT2D eigenvalue weighted by atomic mass is 32.2. The van der Waals surface area contributed by atoms with Crippen molar-refractivity contribution < 1.29 is 0 Å². The Balaban J connectivity index is 2.05. The molecule has 0 amide bonds. The van der Waals surface area contributed by atoms with Crippen LogP contribution in [0.1, 0.15) is 37.0 Å². The second-order valence-corrected chi connectivity index (χ2v) is 6.19. The molecule has 1 unspecified atom stereocenters. The van der Waals surface area contributed by atoms with Crippen LogP contribution in [0.15, 0.2) is 35.4 Å². The van der Waals surface area contributed by atoms with Crippen LogP contribution in [0.3, 0.4) is 0 Å². The van der Waals surface area contributed by atoms with Crippen LogP contribution in [0.2, 0.25) is 0 Å². The number of aryl methyl sites for hydroxylation is 2. The molecular formula is C16H22N2S. The molecule has 0 fully saturated rings. The van der Waals surface area contributed by atoms with Gasteiger partial charge in [-0.25, -0.2) is 0 Å². The Bertz CT molecular complexity index is 532. The predicted molar refractivity (Wildman–Crippen MR) is 85.6 cm³/mol. The summed E-state index contributed by atoms with van der Waals surface area (Å²) in [5.74, 6) is 0. The van der Waals surface area contributed by atoms with E-state index in [-0.39, 0.29) is 5.50 Å². The Labute approximate surface area is 120 Å². The fourth-order valence-electron chi connectivity index (χ4n) is 2.25. The fourth-order valence-corrected chi connectivity index (χ4v) is 3.37. The van der Waals surface area contributed by atoms with Gasteiger partial charge >= 0.3 is 0 Å². The summed E-state index contributed by atoms with van der Waals surface area (Å²) in [7, 11) is 0. The number of hydrogen-bond acceptors (Lipinski definition) is 3. The molecule has 2 rings (SSSR count). The molecule has 1 heterocycles. The van der Waals surface area contributed by atoms with Crippen molar-refractivity contribution in [1.82, 2.24) is 10.6 Å². The lowest BCUT2D eigenvalue weighted by Gasteiger charge is -2.19. The first kappa shape index (κ1) is 14.1. The van der Waals surface area contributed by atoms with E-state index < -0.39 is 0 Å². The topological polar surface area (TPSA) is 24.1 Å². The van der Waals surface area contributed by atoms with Gasteiger partial charge in [-0.15, -0.1) is 0 Å². The van der Waals surface area contributed by atoms with E-state index in [9.17, 15) is 0 Å². The van der Waals surface area contributed by atoms with Crippen molar-refractivity contribution in [2.75, 3.05) is 0 Å².